The third-order valence-electron chi connectivity index (χ3n) is 2.53. The number of hydrogen-bond donors (Lipinski definition) is 1. The molecule has 0 fully saturated rings. The number of H-pyrrole nitrogens is 1. The number of rotatable bonds is 7. The Labute approximate surface area is 114 Å². The topological polar surface area (TPSA) is 79.2 Å². The molecule has 0 saturated heterocycles. The molecule has 6 nitrogen and oxygen atoms in total. The average molecular weight is 318 g/mol. The number of hydrogen-bond acceptors (Lipinski definition) is 3. The molecule has 7 heteroatoms. The van der Waals surface area contributed by atoms with E-state index in [1.54, 1.807) is 4.90 Å². The highest BCUT2D eigenvalue weighted by Gasteiger charge is 2.19. The van der Waals surface area contributed by atoms with Crippen LogP contribution in [0.1, 0.15) is 30.3 Å². The molecule has 1 rings (SSSR count). The van der Waals surface area contributed by atoms with Gasteiger partial charge in [0.15, 0.2) is 0 Å². The first-order chi connectivity index (χ1) is 8.60. The number of halogens is 1. The Morgan fingerprint density at radius 3 is 2.78 bits per heavy atom. The second-order valence-electron chi connectivity index (χ2n) is 3.86. The van der Waals surface area contributed by atoms with Crippen LogP contribution in [0.3, 0.4) is 0 Å². The molecule has 0 aromatic carbocycles. The van der Waals surface area contributed by atoms with Crippen LogP contribution in [0.4, 0.5) is 5.69 Å². The van der Waals surface area contributed by atoms with E-state index in [4.69, 9.17) is 0 Å². The summed E-state index contributed by atoms with van der Waals surface area (Å²) in [4.78, 5) is 26.5. The standard InChI is InChI=1S/C11H16BrN3O3/c1-2-3-5-14(6-4-12)11(16)10-7-9(8-13-10)15(17)18/h7-8,13H,2-6H2,1H3. The van der Waals surface area contributed by atoms with Crippen LogP contribution in [0.5, 0.6) is 0 Å². The van der Waals surface area contributed by atoms with Crippen LogP contribution in [0.25, 0.3) is 0 Å². The van der Waals surface area contributed by atoms with Crippen molar-refractivity contribution in [1.82, 2.24) is 9.88 Å². The maximum absolute atomic E-state index is 12.1. The number of nitro groups is 1. The summed E-state index contributed by atoms with van der Waals surface area (Å²) in [6.07, 6.45) is 3.15. The smallest absolute Gasteiger partial charge is 0.287 e. The van der Waals surface area contributed by atoms with Crippen LogP contribution in [0.15, 0.2) is 12.3 Å². The summed E-state index contributed by atoms with van der Waals surface area (Å²) in [7, 11) is 0. The molecule has 0 radical (unpaired) electrons. The normalized spacial score (nSPS) is 10.3. The first-order valence-corrected chi connectivity index (χ1v) is 6.90. The van der Waals surface area contributed by atoms with Gasteiger partial charge in [0.1, 0.15) is 5.69 Å². The van der Waals surface area contributed by atoms with E-state index in [1.165, 1.54) is 12.3 Å². The fraction of sp³-hybridized carbons (Fsp3) is 0.545. The minimum Gasteiger partial charge on any atom is -0.351 e. The van der Waals surface area contributed by atoms with Crippen molar-refractivity contribution in [3.63, 3.8) is 0 Å². The maximum Gasteiger partial charge on any atom is 0.287 e. The van der Waals surface area contributed by atoms with Crippen molar-refractivity contribution in [3.8, 4) is 0 Å². The zero-order valence-corrected chi connectivity index (χ0v) is 11.8. The molecule has 1 heterocycles. The number of unbranched alkanes of at least 4 members (excludes halogenated alkanes) is 1. The molecule has 18 heavy (non-hydrogen) atoms. The molecule has 100 valence electrons. The number of nitrogens with one attached hydrogen (secondary N) is 1. The number of aromatic amines is 1. The SMILES string of the molecule is CCCCN(CCBr)C(=O)c1cc([N+](=O)[O-])c[nH]1. The molecule has 0 atom stereocenters. The van der Waals surface area contributed by atoms with E-state index in [0.29, 0.717) is 18.4 Å². The first kappa shape index (κ1) is 14.7. The number of alkyl halides is 1. The largest absolute Gasteiger partial charge is 0.351 e. The summed E-state index contributed by atoms with van der Waals surface area (Å²) in [5, 5.41) is 11.2. The van der Waals surface area contributed by atoms with E-state index in [9.17, 15) is 14.9 Å². The molecular weight excluding hydrogens is 302 g/mol. The van der Waals surface area contributed by atoms with Crippen molar-refractivity contribution in [2.45, 2.75) is 19.8 Å². The highest BCUT2D eigenvalue weighted by atomic mass is 79.9. The van der Waals surface area contributed by atoms with Crippen molar-refractivity contribution in [3.05, 3.63) is 28.1 Å². The van der Waals surface area contributed by atoms with Gasteiger partial charge in [0.2, 0.25) is 0 Å². The molecule has 0 saturated carbocycles. The predicted octanol–water partition coefficient (Wildman–Crippen LogP) is 2.56. The van der Waals surface area contributed by atoms with Crippen LogP contribution in [0, 0.1) is 10.1 Å². The van der Waals surface area contributed by atoms with Crippen LogP contribution >= 0.6 is 15.9 Å². The molecule has 0 aliphatic rings. The van der Waals surface area contributed by atoms with E-state index >= 15 is 0 Å². The number of carbonyl (C=O) groups is 1. The van der Waals surface area contributed by atoms with Crippen LogP contribution < -0.4 is 0 Å². The lowest BCUT2D eigenvalue weighted by molar-refractivity contribution is -0.384. The molecule has 1 aromatic heterocycles. The van der Waals surface area contributed by atoms with Gasteiger partial charge in [-0.3, -0.25) is 14.9 Å². The number of amides is 1. The molecular formula is C11H16BrN3O3. The number of carbonyl (C=O) groups excluding carboxylic acids is 1. The monoisotopic (exact) mass is 317 g/mol. The van der Waals surface area contributed by atoms with Gasteiger partial charge in [0.25, 0.3) is 11.6 Å². The zero-order chi connectivity index (χ0) is 13.5. The molecule has 0 spiro atoms. The lowest BCUT2D eigenvalue weighted by atomic mass is 10.3. The quantitative estimate of drug-likeness (QED) is 0.477. The summed E-state index contributed by atoms with van der Waals surface area (Å²) < 4.78 is 0. The van der Waals surface area contributed by atoms with Crippen molar-refractivity contribution < 1.29 is 9.72 Å². The predicted molar refractivity (Wildman–Crippen MR) is 72.1 cm³/mol. The summed E-state index contributed by atoms with van der Waals surface area (Å²) >= 11 is 3.30. The molecule has 1 aromatic rings. The highest BCUT2D eigenvalue weighted by Crippen LogP contribution is 2.14. The fourth-order valence-electron chi connectivity index (χ4n) is 1.55. The van der Waals surface area contributed by atoms with Crippen molar-refractivity contribution in [2.24, 2.45) is 0 Å². The molecule has 0 aliphatic carbocycles. The Balaban J connectivity index is 2.77. The van der Waals surface area contributed by atoms with Crippen LogP contribution in [-0.2, 0) is 0 Å². The van der Waals surface area contributed by atoms with Crippen molar-refractivity contribution >= 4 is 27.5 Å². The lowest BCUT2D eigenvalue weighted by Crippen LogP contribution is -2.33. The summed E-state index contributed by atoms with van der Waals surface area (Å²) in [6.45, 7) is 3.30. The van der Waals surface area contributed by atoms with Crippen LogP contribution in [-0.4, -0.2) is 39.1 Å². The van der Waals surface area contributed by atoms with E-state index in [2.05, 4.69) is 27.8 Å². The van der Waals surface area contributed by atoms with E-state index in [-0.39, 0.29) is 17.3 Å². The molecule has 0 bridgehead atoms. The van der Waals surface area contributed by atoms with E-state index in [0.717, 1.165) is 12.8 Å². The Bertz CT molecular complexity index is 419. The third-order valence-corrected chi connectivity index (χ3v) is 2.89. The molecule has 1 amide bonds. The van der Waals surface area contributed by atoms with Gasteiger partial charge in [0.05, 0.1) is 11.1 Å². The highest BCUT2D eigenvalue weighted by molar-refractivity contribution is 9.09. The third kappa shape index (κ3) is 3.83. The van der Waals surface area contributed by atoms with E-state index < -0.39 is 4.92 Å². The van der Waals surface area contributed by atoms with Gasteiger partial charge in [-0.05, 0) is 6.42 Å². The van der Waals surface area contributed by atoms with Gasteiger partial charge >= 0.3 is 0 Å². The first-order valence-electron chi connectivity index (χ1n) is 5.78. The Morgan fingerprint density at radius 1 is 1.56 bits per heavy atom. The average Bonchev–Trinajstić information content (AvgIpc) is 2.83. The molecule has 0 unspecified atom stereocenters. The number of nitrogens with zero attached hydrogens (tertiary/aromatic N) is 2. The summed E-state index contributed by atoms with van der Waals surface area (Å²) in [5.41, 5.74) is 0.173. The van der Waals surface area contributed by atoms with Crippen molar-refractivity contribution in [1.29, 1.82) is 0 Å². The van der Waals surface area contributed by atoms with Gasteiger partial charge in [-0.1, -0.05) is 29.3 Å². The zero-order valence-electron chi connectivity index (χ0n) is 10.2. The lowest BCUT2D eigenvalue weighted by Gasteiger charge is -2.20. The second-order valence-corrected chi connectivity index (χ2v) is 4.66. The van der Waals surface area contributed by atoms with Gasteiger partial charge in [-0.15, -0.1) is 0 Å². The van der Waals surface area contributed by atoms with Gasteiger partial charge in [-0.2, -0.15) is 0 Å². The fourth-order valence-corrected chi connectivity index (χ4v) is 1.98. The molecule has 1 N–H and O–H groups in total. The maximum atomic E-state index is 12.1. The second kappa shape index (κ2) is 7.15. The van der Waals surface area contributed by atoms with Crippen LogP contribution in [0.2, 0.25) is 0 Å². The number of aromatic nitrogens is 1. The Kier molecular flexibility index (Phi) is 5.84. The summed E-state index contributed by atoms with van der Waals surface area (Å²) in [5.74, 6) is -0.198. The Morgan fingerprint density at radius 2 is 2.28 bits per heavy atom. The van der Waals surface area contributed by atoms with Gasteiger partial charge in [-0.25, -0.2) is 0 Å². The summed E-state index contributed by atoms with van der Waals surface area (Å²) in [6, 6.07) is 1.27. The minimum absolute atomic E-state index is 0.0902. The van der Waals surface area contributed by atoms with Gasteiger partial charge < -0.3 is 9.88 Å². The molecule has 0 aliphatic heterocycles. The van der Waals surface area contributed by atoms with E-state index in [1.807, 2.05) is 0 Å². The Hall–Kier alpha value is -1.37. The van der Waals surface area contributed by atoms with Crippen molar-refractivity contribution in [2.75, 3.05) is 18.4 Å². The van der Waals surface area contributed by atoms with Gasteiger partial charge in [0, 0.05) is 24.5 Å². The minimum atomic E-state index is -0.520.